The van der Waals surface area contributed by atoms with Gasteiger partial charge in [-0.15, -0.1) is 0 Å². The maximum Gasteiger partial charge on any atom is 0.387 e. The number of likely N-dealkylation sites (tertiary alicyclic amines) is 2. The number of hydrogen-bond donors (Lipinski definition) is 0. The van der Waals surface area contributed by atoms with Crippen LogP contribution in [0.1, 0.15) is 18.4 Å². The van der Waals surface area contributed by atoms with Gasteiger partial charge in [-0.05, 0) is 24.1 Å². The van der Waals surface area contributed by atoms with Gasteiger partial charge in [0.1, 0.15) is 12.4 Å². The molecule has 3 fully saturated rings. The summed E-state index contributed by atoms with van der Waals surface area (Å²) in [5.74, 6) is 0.309. The lowest BCUT2D eigenvalue weighted by Crippen LogP contribution is -2.61. The van der Waals surface area contributed by atoms with Crippen molar-refractivity contribution in [2.24, 2.45) is 5.92 Å². The summed E-state index contributed by atoms with van der Waals surface area (Å²) >= 11 is 0. The predicted molar refractivity (Wildman–Crippen MR) is 97.7 cm³/mol. The minimum atomic E-state index is -2.84. The summed E-state index contributed by atoms with van der Waals surface area (Å²) in [6.45, 7) is -0.0613. The first-order valence-corrected chi connectivity index (χ1v) is 9.80. The average molecular weight is 410 g/mol. The highest BCUT2D eigenvalue weighted by Gasteiger charge is 2.40. The molecule has 0 bridgehead atoms. The van der Waals surface area contributed by atoms with Crippen molar-refractivity contribution in [3.05, 3.63) is 29.8 Å². The number of rotatable bonds is 5. The number of hydrogen-bond acceptors (Lipinski definition) is 5. The largest absolute Gasteiger partial charge is 0.435 e. The summed E-state index contributed by atoms with van der Waals surface area (Å²) in [6.07, 6.45) is 1.29. The molecule has 0 aliphatic carbocycles. The Morgan fingerprint density at radius 3 is 2.66 bits per heavy atom. The molecule has 2 atom stereocenters. The van der Waals surface area contributed by atoms with Crippen molar-refractivity contribution in [1.29, 1.82) is 0 Å². The number of alkyl halides is 2. The molecule has 0 radical (unpaired) electrons. The van der Waals surface area contributed by atoms with E-state index in [4.69, 9.17) is 9.47 Å². The Balaban J connectivity index is 1.19. The Kier molecular flexibility index (Phi) is 5.96. The molecule has 0 spiro atoms. The number of nitrogens with zero attached hydrogens (tertiary/aromatic N) is 2. The van der Waals surface area contributed by atoms with Gasteiger partial charge in [0.25, 0.3) is 0 Å². The zero-order valence-electron chi connectivity index (χ0n) is 16.0. The number of fused-ring (bicyclic) bond motifs is 1. The number of carbonyl (C=O) groups excluding carboxylic acids is 2. The first-order chi connectivity index (χ1) is 14.0. The van der Waals surface area contributed by atoms with Crippen molar-refractivity contribution in [3.63, 3.8) is 0 Å². The average Bonchev–Trinajstić information content (AvgIpc) is 2.66. The molecule has 1 aromatic rings. The van der Waals surface area contributed by atoms with E-state index in [1.54, 1.807) is 21.9 Å². The van der Waals surface area contributed by atoms with Crippen LogP contribution in [0.4, 0.5) is 13.6 Å². The van der Waals surface area contributed by atoms with Crippen LogP contribution < -0.4 is 4.74 Å². The number of Topliss-reactive ketones (excluding diaryl/α,β-unsaturated/α-hetero) is 1. The molecule has 0 N–H and O–H groups in total. The number of carbonyl (C=O) groups is 2. The van der Waals surface area contributed by atoms with Crippen LogP contribution in [0.3, 0.4) is 0 Å². The summed E-state index contributed by atoms with van der Waals surface area (Å²) in [5.41, 5.74) is 0.848. The third kappa shape index (κ3) is 4.84. The number of piperidine rings is 1. The van der Waals surface area contributed by atoms with Crippen LogP contribution in [0, 0.1) is 5.92 Å². The molecule has 7 nitrogen and oxygen atoms in total. The molecule has 29 heavy (non-hydrogen) atoms. The lowest BCUT2D eigenvalue weighted by Gasteiger charge is -2.45. The van der Waals surface area contributed by atoms with E-state index in [1.165, 1.54) is 12.1 Å². The molecule has 0 aromatic heterocycles. The Labute approximate surface area is 167 Å². The molecule has 3 aliphatic heterocycles. The van der Waals surface area contributed by atoms with Crippen molar-refractivity contribution in [1.82, 2.24) is 9.80 Å². The van der Waals surface area contributed by atoms with Crippen LogP contribution in [-0.4, -0.2) is 73.2 Å². The van der Waals surface area contributed by atoms with Gasteiger partial charge in [0.05, 0.1) is 31.9 Å². The van der Waals surface area contributed by atoms with Crippen LogP contribution in [0.2, 0.25) is 0 Å². The van der Waals surface area contributed by atoms with Gasteiger partial charge in [-0.25, -0.2) is 4.79 Å². The van der Waals surface area contributed by atoms with Gasteiger partial charge >= 0.3 is 12.6 Å². The highest BCUT2D eigenvalue weighted by Crippen LogP contribution is 2.28. The highest BCUT2D eigenvalue weighted by molar-refractivity contribution is 5.81. The maximum absolute atomic E-state index is 12.7. The molecule has 0 unspecified atom stereocenters. The maximum atomic E-state index is 12.7. The molecule has 3 heterocycles. The second-order valence-electron chi connectivity index (χ2n) is 7.73. The topological polar surface area (TPSA) is 68.3 Å². The van der Waals surface area contributed by atoms with Gasteiger partial charge in [-0.2, -0.15) is 8.78 Å². The first kappa shape index (κ1) is 20.0. The fourth-order valence-corrected chi connectivity index (χ4v) is 4.03. The summed E-state index contributed by atoms with van der Waals surface area (Å²) in [4.78, 5) is 27.8. The molecule has 0 saturated carbocycles. The van der Waals surface area contributed by atoms with Gasteiger partial charge in [0, 0.05) is 25.4 Å². The summed E-state index contributed by atoms with van der Waals surface area (Å²) < 4.78 is 40.0. The van der Waals surface area contributed by atoms with E-state index in [9.17, 15) is 18.4 Å². The highest BCUT2D eigenvalue weighted by atomic mass is 19.3. The monoisotopic (exact) mass is 410 g/mol. The number of ketones is 1. The third-order valence-corrected chi connectivity index (χ3v) is 5.64. The summed E-state index contributed by atoms with van der Waals surface area (Å²) in [7, 11) is 0. The Hall–Kier alpha value is -2.26. The fraction of sp³-hybridized carbons (Fsp3) is 0.600. The minimum absolute atomic E-state index is 0.0187. The van der Waals surface area contributed by atoms with Gasteiger partial charge in [-0.1, -0.05) is 12.1 Å². The van der Waals surface area contributed by atoms with Crippen molar-refractivity contribution in [2.45, 2.75) is 38.3 Å². The quantitative estimate of drug-likeness (QED) is 0.745. The number of halogens is 2. The van der Waals surface area contributed by atoms with Crippen LogP contribution in [-0.2, 0) is 20.9 Å². The van der Waals surface area contributed by atoms with E-state index < -0.39 is 6.61 Å². The van der Waals surface area contributed by atoms with Crippen molar-refractivity contribution in [3.8, 4) is 5.75 Å². The van der Waals surface area contributed by atoms with E-state index in [2.05, 4.69) is 4.74 Å². The number of benzene rings is 1. The van der Waals surface area contributed by atoms with E-state index in [0.717, 1.165) is 12.0 Å². The second-order valence-corrected chi connectivity index (χ2v) is 7.73. The van der Waals surface area contributed by atoms with E-state index in [1.807, 2.05) is 0 Å². The minimum Gasteiger partial charge on any atom is -0.435 e. The lowest BCUT2D eigenvalue weighted by atomic mass is 9.88. The van der Waals surface area contributed by atoms with Crippen molar-refractivity contribution >= 4 is 11.8 Å². The van der Waals surface area contributed by atoms with E-state index in [-0.39, 0.29) is 42.3 Å². The van der Waals surface area contributed by atoms with E-state index in [0.29, 0.717) is 39.2 Å². The Morgan fingerprint density at radius 2 is 1.93 bits per heavy atom. The standard InChI is InChI=1S/C20H24F2N2O5/c21-19(22)29-16-3-1-13(2-4-16)11-27-17-9-24(10-17)20(26)23-6-5-18-14(8-23)7-15(25)12-28-18/h1-4,14,17-19H,5-12H2/t14-,18+/m1/s1. The van der Waals surface area contributed by atoms with Crippen LogP contribution in [0.5, 0.6) is 5.75 Å². The number of urea groups is 1. The van der Waals surface area contributed by atoms with Gasteiger partial charge in [0.2, 0.25) is 0 Å². The molecular weight excluding hydrogens is 386 g/mol. The fourth-order valence-electron chi connectivity index (χ4n) is 4.03. The van der Waals surface area contributed by atoms with Crippen molar-refractivity contribution in [2.75, 3.05) is 32.8 Å². The first-order valence-electron chi connectivity index (χ1n) is 9.80. The Morgan fingerprint density at radius 1 is 1.17 bits per heavy atom. The molecule has 2 amide bonds. The number of ether oxygens (including phenoxy) is 3. The zero-order chi connectivity index (χ0) is 20.4. The lowest BCUT2D eigenvalue weighted by molar-refractivity contribution is -0.140. The van der Waals surface area contributed by atoms with Crippen LogP contribution >= 0.6 is 0 Å². The molecule has 4 rings (SSSR count). The van der Waals surface area contributed by atoms with Gasteiger partial charge in [-0.3, -0.25) is 4.79 Å². The Bertz CT molecular complexity index is 739. The predicted octanol–water partition coefficient (Wildman–Crippen LogP) is 2.29. The molecule has 1 aromatic carbocycles. The second kappa shape index (κ2) is 8.62. The molecular formula is C20H24F2N2O5. The molecule has 9 heteroatoms. The third-order valence-electron chi connectivity index (χ3n) is 5.64. The van der Waals surface area contributed by atoms with Gasteiger partial charge < -0.3 is 24.0 Å². The van der Waals surface area contributed by atoms with Crippen LogP contribution in [0.15, 0.2) is 24.3 Å². The molecule has 3 saturated heterocycles. The van der Waals surface area contributed by atoms with Gasteiger partial charge in [0.15, 0.2) is 5.78 Å². The normalized spacial score (nSPS) is 25.0. The molecule has 158 valence electrons. The van der Waals surface area contributed by atoms with Crippen LogP contribution in [0.25, 0.3) is 0 Å². The summed E-state index contributed by atoms with van der Waals surface area (Å²) in [5, 5.41) is 0. The zero-order valence-corrected chi connectivity index (χ0v) is 16.0. The van der Waals surface area contributed by atoms with E-state index >= 15 is 0 Å². The SMILES string of the molecule is O=C1CO[C@H]2CCN(C(=O)N3CC(OCc4ccc(OC(F)F)cc4)C3)C[C@H]2C1. The summed E-state index contributed by atoms with van der Waals surface area (Å²) in [6, 6.07) is 6.29. The van der Waals surface area contributed by atoms with Crippen molar-refractivity contribution < 1.29 is 32.6 Å². The smallest absolute Gasteiger partial charge is 0.387 e. The molecule has 3 aliphatic rings. The number of amides is 2.